The van der Waals surface area contributed by atoms with Crippen molar-refractivity contribution in [1.29, 1.82) is 0 Å². The smallest absolute Gasteiger partial charge is 0.416 e. The van der Waals surface area contributed by atoms with E-state index in [4.69, 9.17) is 4.74 Å². The summed E-state index contributed by atoms with van der Waals surface area (Å²) in [6, 6.07) is 10.4. The molecule has 164 valence electrons. The molecule has 1 aromatic heterocycles. The van der Waals surface area contributed by atoms with Crippen molar-refractivity contribution >= 4 is 5.91 Å². The van der Waals surface area contributed by atoms with Gasteiger partial charge in [-0.2, -0.15) is 31.4 Å². The second kappa shape index (κ2) is 8.70. The monoisotopic (exact) mass is 443 g/mol. The number of rotatable bonds is 6. The number of benzene rings is 2. The van der Waals surface area contributed by atoms with E-state index >= 15 is 0 Å². The molecule has 11 heteroatoms. The third kappa shape index (κ3) is 5.77. The predicted molar refractivity (Wildman–Crippen MR) is 96.9 cm³/mol. The highest BCUT2D eigenvalue weighted by Crippen LogP contribution is 2.32. The molecule has 1 N–H and O–H groups in total. The number of aromatic nitrogens is 2. The van der Waals surface area contributed by atoms with Crippen molar-refractivity contribution in [2.75, 3.05) is 0 Å². The highest BCUT2D eigenvalue weighted by atomic mass is 19.4. The zero-order chi connectivity index (χ0) is 22.6. The van der Waals surface area contributed by atoms with Gasteiger partial charge in [0.2, 0.25) is 0 Å². The summed E-state index contributed by atoms with van der Waals surface area (Å²) in [7, 11) is 0. The quantitative estimate of drug-likeness (QED) is 0.552. The molecule has 1 amide bonds. The first kappa shape index (κ1) is 22.2. The van der Waals surface area contributed by atoms with Crippen LogP contribution in [0, 0.1) is 0 Å². The zero-order valence-electron chi connectivity index (χ0n) is 15.7. The van der Waals surface area contributed by atoms with Crippen molar-refractivity contribution in [3.05, 3.63) is 83.2 Å². The molecule has 0 unspecified atom stereocenters. The topological polar surface area (TPSA) is 56.2 Å². The van der Waals surface area contributed by atoms with Crippen LogP contribution in [0.3, 0.4) is 0 Å². The predicted octanol–water partition coefficient (Wildman–Crippen LogP) is 4.89. The second-order valence-electron chi connectivity index (χ2n) is 6.38. The number of alkyl halides is 6. The van der Waals surface area contributed by atoms with Crippen LogP contribution in [0.25, 0.3) is 0 Å². The molecule has 0 saturated heterocycles. The third-order valence-corrected chi connectivity index (χ3v) is 4.16. The Kier molecular flexibility index (Phi) is 6.23. The van der Waals surface area contributed by atoms with Gasteiger partial charge in [0.05, 0.1) is 11.1 Å². The Labute approximate surface area is 172 Å². The molecule has 0 aliphatic rings. The SMILES string of the molecule is O=C(NCc1ccccc1C(F)(F)F)c1ccn(COc2cccc(C(F)(F)F)c2)n1. The fourth-order valence-electron chi connectivity index (χ4n) is 2.67. The number of carbonyl (C=O) groups excluding carboxylic acids is 1. The summed E-state index contributed by atoms with van der Waals surface area (Å²) in [6.45, 7) is -0.631. The highest BCUT2D eigenvalue weighted by molar-refractivity contribution is 5.92. The number of halogens is 6. The summed E-state index contributed by atoms with van der Waals surface area (Å²) in [5.41, 5.74) is -1.91. The molecule has 3 aromatic rings. The van der Waals surface area contributed by atoms with Crippen molar-refractivity contribution < 1.29 is 35.9 Å². The van der Waals surface area contributed by atoms with E-state index in [0.717, 1.165) is 18.2 Å². The second-order valence-corrected chi connectivity index (χ2v) is 6.38. The van der Waals surface area contributed by atoms with E-state index in [0.29, 0.717) is 0 Å². The Hall–Kier alpha value is -3.50. The van der Waals surface area contributed by atoms with E-state index in [1.807, 2.05) is 0 Å². The average Bonchev–Trinajstić information content (AvgIpc) is 3.19. The lowest BCUT2D eigenvalue weighted by molar-refractivity contribution is -0.138. The van der Waals surface area contributed by atoms with Crippen molar-refractivity contribution in [3.8, 4) is 5.75 Å². The van der Waals surface area contributed by atoms with E-state index in [1.165, 1.54) is 47.3 Å². The van der Waals surface area contributed by atoms with Gasteiger partial charge in [-0.05, 0) is 35.9 Å². The van der Waals surface area contributed by atoms with Gasteiger partial charge >= 0.3 is 12.4 Å². The maximum absolute atomic E-state index is 13.0. The summed E-state index contributed by atoms with van der Waals surface area (Å²) in [4.78, 5) is 12.2. The van der Waals surface area contributed by atoms with E-state index in [2.05, 4.69) is 10.4 Å². The van der Waals surface area contributed by atoms with E-state index in [-0.39, 0.29) is 30.3 Å². The summed E-state index contributed by atoms with van der Waals surface area (Å²) in [5, 5.41) is 6.27. The van der Waals surface area contributed by atoms with Crippen LogP contribution in [0.1, 0.15) is 27.2 Å². The molecule has 0 aliphatic carbocycles. The molecule has 0 saturated carbocycles. The summed E-state index contributed by atoms with van der Waals surface area (Å²) >= 11 is 0. The number of amides is 1. The van der Waals surface area contributed by atoms with Gasteiger partial charge in [-0.3, -0.25) is 4.79 Å². The van der Waals surface area contributed by atoms with Crippen LogP contribution in [-0.4, -0.2) is 15.7 Å². The summed E-state index contributed by atoms with van der Waals surface area (Å²) in [5.74, 6) is -0.755. The Balaban J connectivity index is 1.60. The van der Waals surface area contributed by atoms with E-state index in [9.17, 15) is 31.1 Å². The van der Waals surface area contributed by atoms with Gasteiger partial charge in [0.1, 0.15) is 11.4 Å². The van der Waals surface area contributed by atoms with E-state index < -0.39 is 29.4 Å². The minimum atomic E-state index is -4.55. The van der Waals surface area contributed by atoms with Crippen LogP contribution in [0.4, 0.5) is 26.3 Å². The van der Waals surface area contributed by atoms with Gasteiger partial charge in [-0.25, -0.2) is 4.68 Å². The number of nitrogens with one attached hydrogen (secondary N) is 1. The lowest BCUT2D eigenvalue weighted by Gasteiger charge is -2.12. The lowest BCUT2D eigenvalue weighted by atomic mass is 10.1. The first-order chi connectivity index (χ1) is 14.5. The fraction of sp³-hybridized carbons (Fsp3) is 0.200. The first-order valence-corrected chi connectivity index (χ1v) is 8.81. The molecule has 0 bridgehead atoms. The average molecular weight is 443 g/mol. The number of hydrogen-bond acceptors (Lipinski definition) is 3. The lowest BCUT2D eigenvalue weighted by Crippen LogP contribution is -2.25. The van der Waals surface area contributed by atoms with Gasteiger partial charge in [0.15, 0.2) is 6.73 Å². The minimum absolute atomic E-state index is 0.0416. The van der Waals surface area contributed by atoms with Crippen LogP contribution < -0.4 is 10.1 Å². The van der Waals surface area contributed by atoms with Crippen LogP contribution in [0.2, 0.25) is 0 Å². The highest BCUT2D eigenvalue weighted by Gasteiger charge is 2.33. The Morgan fingerprint density at radius 1 is 0.968 bits per heavy atom. The molecule has 0 aliphatic heterocycles. The maximum Gasteiger partial charge on any atom is 0.416 e. The molecule has 0 radical (unpaired) electrons. The van der Waals surface area contributed by atoms with Gasteiger partial charge < -0.3 is 10.1 Å². The molecule has 5 nitrogen and oxygen atoms in total. The largest absolute Gasteiger partial charge is 0.471 e. The fourth-order valence-corrected chi connectivity index (χ4v) is 2.67. The van der Waals surface area contributed by atoms with Crippen molar-refractivity contribution in [2.45, 2.75) is 25.6 Å². The number of hydrogen-bond donors (Lipinski definition) is 1. The Morgan fingerprint density at radius 3 is 2.42 bits per heavy atom. The van der Waals surface area contributed by atoms with Gasteiger partial charge in [0, 0.05) is 12.7 Å². The van der Waals surface area contributed by atoms with Crippen LogP contribution in [0.15, 0.2) is 60.8 Å². The molecule has 0 fully saturated rings. The van der Waals surface area contributed by atoms with Crippen molar-refractivity contribution in [1.82, 2.24) is 15.1 Å². The number of nitrogens with zero attached hydrogens (tertiary/aromatic N) is 2. The Bertz CT molecular complexity index is 1060. The standard InChI is InChI=1S/C20H15F6N3O2/c21-19(22,23)14-5-3-6-15(10-14)31-12-29-9-8-17(28-29)18(30)27-11-13-4-1-2-7-16(13)20(24,25)26/h1-10H,11-12H2,(H,27,30). The van der Waals surface area contributed by atoms with Crippen LogP contribution in [-0.2, 0) is 25.6 Å². The van der Waals surface area contributed by atoms with Crippen LogP contribution >= 0.6 is 0 Å². The van der Waals surface area contributed by atoms with Crippen molar-refractivity contribution in [2.24, 2.45) is 0 Å². The van der Waals surface area contributed by atoms with Gasteiger partial charge in [-0.1, -0.05) is 24.3 Å². The normalized spacial score (nSPS) is 11.9. The molecule has 3 rings (SSSR count). The summed E-state index contributed by atoms with van der Waals surface area (Å²) < 4.78 is 83.6. The minimum Gasteiger partial charge on any atom is -0.471 e. The van der Waals surface area contributed by atoms with Gasteiger partial charge in [-0.15, -0.1) is 0 Å². The number of ether oxygens (including phenoxy) is 1. The zero-order valence-corrected chi connectivity index (χ0v) is 15.7. The summed E-state index contributed by atoms with van der Waals surface area (Å²) in [6.07, 6.45) is -7.71. The first-order valence-electron chi connectivity index (χ1n) is 8.81. The molecular formula is C20H15F6N3O2. The molecule has 1 heterocycles. The molecule has 0 atom stereocenters. The van der Waals surface area contributed by atoms with Crippen molar-refractivity contribution in [3.63, 3.8) is 0 Å². The molecular weight excluding hydrogens is 428 g/mol. The van der Waals surface area contributed by atoms with Gasteiger partial charge in [0.25, 0.3) is 5.91 Å². The maximum atomic E-state index is 13.0. The number of carbonyl (C=O) groups is 1. The molecule has 2 aromatic carbocycles. The third-order valence-electron chi connectivity index (χ3n) is 4.16. The Morgan fingerprint density at radius 2 is 1.71 bits per heavy atom. The molecule has 31 heavy (non-hydrogen) atoms. The van der Waals surface area contributed by atoms with Crippen LogP contribution in [0.5, 0.6) is 5.75 Å². The van der Waals surface area contributed by atoms with E-state index in [1.54, 1.807) is 0 Å². The molecule has 0 spiro atoms.